The van der Waals surface area contributed by atoms with Crippen molar-refractivity contribution in [1.29, 1.82) is 0 Å². The molecule has 2 aromatic heterocycles. The van der Waals surface area contributed by atoms with E-state index in [4.69, 9.17) is 0 Å². The summed E-state index contributed by atoms with van der Waals surface area (Å²) in [6.45, 7) is 6.32. The number of carbonyl (C=O) groups excluding carboxylic acids is 1. The zero-order chi connectivity index (χ0) is 19.6. The summed E-state index contributed by atoms with van der Waals surface area (Å²) in [5, 5.41) is 2.96. The number of aryl methyl sites for hydroxylation is 1. The number of carbonyl (C=O) groups is 1. The average Bonchev–Trinajstić information content (AvgIpc) is 2.87. The minimum absolute atomic E-state index is 0.0218. The van der Waals surface area contributed by atoms with E-state index in [0.29, 0.717) is 16.3 Å². The Balaban J connectivity index is 2.21. The van der Waals surface area contributed by atoms with Crippen LogP contribution in [-0.2, 0) is 25.4 Å². The second kappa shape index (κ2) is 8.20. The molecule has 1 N–H and O–H groups in total. The summed E-state index contributed by atoms with van der Waals surface area (Å²) in [6, 6.07) is 0.0616. The molecular weight excluding hydrogens is 402 g/mol. The molecule has 2 heterocycles. The highest BCUT2D eigenvalue weighted by Gasteiger charge is 2.19. The molecule has 0 saturated carbocycles. The quantitative estimate of drug-likeness (QED) is 0.678. The molecule has 0 fully saturated rings. The van der Waals surface area contributed by atoms with E-state index in [2.05, 4.69) is 40.1 Å². The number of rotatable bonds is 7. The second-order valence-corrected chi connectivity index (χ2v) is 7.85. The maximum absolute atomic E-state index is 12.4. The normalized spacial score (nSPS) is 12.7. The molecule has 0 radical (unpaired) electrons. The van der Waals surface area contributed by atoms with Crippen LogP contribution in [-0.4, -0.2) is 30.6 Å². The van der Waals surface area contributed by atoms with Gasteiger partial charge in [-0.2, -0.15) is 0 Å². The number of aromatic nitrogens is 4. The minimum Gasteiger partial charge on any atom is -0.352 e. The van der Waals surface area contributed by atoms with E-state index in [1.165, 1.54) is 16.2 Å². The molecule has 0 aliphatic carbocycles. The fourth-order valence-corrected chi connectivity index (χ4v) is 3.44. The molecule has 1 unspecified atom stereocenters. The maximum Gasteiger partial charge on any atom is 0.332 e. The number of imidazole rings is 1. The predicted molar refractivity (Wildman–Crippen MR) is 104 cm³/mol. The third-order valence-corrected chi connectivity index (χ3v) is 5.03. The Labute approximate surface area is 160 Å². The maximum atomic E-state index is 12.4. The Morgan fingerprint density at radius 3 is 2.42 bits per heavy atom. The summed E-state index contributed by atoms with van der Waals surface area (Å²) < 4.78 is 4.21. The van der Waals surface area contributed by atoms with E-state index in [0.717, 1.165) is 23.8 Å². The summed E-state index contributed by atoms with van der Waals surface area (Å²) in [5.74, 6) is 0.463. The topological polar surface area (TPSA) is 90.9 Å². The van der Waals surface area contributed by atoms with Gasteiger partial charge in [0.1, 0.15) is 6.54 Å². The van der Waals surface area contributed by atoms with Crippen LogP contribution in [0.15, 0.2) is 14.3 Å². The van der Waals surface area contributed by atoms with E-state index in [-0.39, 0.29) is 24.0 Å². The average molecular weight is 428 g/mol. The predicted octanol–water partition coefficient (Wildman–Crippen LogP) is 1.53. The molecule has 8 nitrogen and oxygen atoms in total. The number of hydrogen-bond acceptors (Lipinski definition) is 4. The fraction of sp³-hybridized carbons (Fsp3) is 0.647. The Morgan fingerprint density at radius 2 is 1.81 bits per heavy atom. The molecule has 0 aliphatic heterocycles. The van der Waals surface area contributed by atoms with Crippen LogP contribution in [0.4, 0.5) is 0 Å². The third kappa shape index (κ3) is 4.25. The highest BCUT2D eigenvalue weighted by atomic mass is 79.9. The van der Waals surface area contributed by atoms with Crippen molar-refractivity contribution in [3.8, 4) is 0 Å². The van der Waals surface area contributed by atoms with Crippen LogP contribution in [0.25, 0.3) is 11.2 Å². The van der Waals surface area contributed by atoms with Gasteiger partial charge in [-0.1, -0.05) is 26.7 Å². The van der Waals surface area contributed by atoms with Gasteiger partial charge in [-0.15, -0.1) is 0 Å². The summed E-state index contributed by atoms with van der Waals surface area (Å²) in [6.07, 6.45) is 3.10. The van der Waals surface area contributed by atoms with Crippen molar-refractivity contribution in [2.24, 2.45) is 20.0 Å². The van der Waals surface area contributed by atoms with Crippen molar-refractivity contribution in [1.82, 2.24) is 24.0 Å². The SMILES string of the molecule is CC(C)CCCC(C)NC(=O)Cn1c(Br)nc2c(=O)n(C)c(=O)n(C)c21. The smallest absolute Gasteiger partial charge is 0.332 e. The van der Waals surface area contributed by atoms with Crippen molar-refractivity contribution in [2.75, 3.05) is 0 Å². The first-order valence-corrected chi connectivity index (χ1v) is 9.53. The highest BCUT2D eigenvalue weighted by molar-refractivity contribution is 9.10. The number of fused-ring (bicyclic) bond motifs is 1. The van der Waals surface area contributed by atoms with Gasteiger partial charge in [0.05, 0.1) is 0 Å². The highest BCUT2D eigenvalue weighted by Crippen LogP contribution is 2.16. The molecule has 2 rings (SSSR count). The van der Waals surface area contributed by atoms with Crippen LogP contribution in [0.5, 0.6) is 0 Å². The number of hydrogen-bond donors (Lipinski definition) is 1. The lowest BCUT2D eigenvalue weighted by atomic mass is 10.0. The first kappa shape index (κ1) is 20.4. The summed E-state index contributed by atoms with van der Waals surface area (Å²) in [4.78, 5) is 41.0. The van der Waals surface area contributed by atoms with Crippen molar-refractivity contribution < 1.29 is 4.79 Å². The standard InChI is InChI=1S/C17H26BrN5O3/c1-10(2)7-6-8-11(3)19-12(24)9-23-14-13(20-16(23)18)15(25)22(5)17(26)21(14)4/h10-11H,6-9H2,1-5H3,(H,19,24). The number of nitrogens with zero attached hydrogens (tertiary/aromatic N) is 4. The van der Waals surface area contributed by atoms with Crippen molar-refractivity contribution in [2.45, 2.75) is 52.6 Å². The fourth-order valence-electron chi connectivity index (χ4n) is 2.97. The zero-order valence-corrected chi connectivity index (χ0v) is 17.5. The van der Waals surface area contributed by atoms with Gasteiger partial charge < -0.3 is 5.32 Å². The van der Waals surface area contributed by atoms with Crippen LogP contribution < -0.4 is 16.6 Å². The summed E-state index contributed by atoms with van der Waals surface area (Å²) in [7, 11) is 2.96. The van der Waals surface area contributed by atoms with Crippen LogP contribution in [0.2, 0.25) is 0 Å². The Bertz CT molecular complexity index is 925. The molecule has 1 atom stereocenters. The van der Waals surface area contributed by atoms with Crippen LogP contribution in [0.1, 0.15) is 40.0 Å². The van der Waals surface area contributed by atoms with E-state index >= 15 is 0 Å². The third-order valence-electron chi connectivity index (χ3n) is 4.42. The molecule has 0 aromatic carbocycles. The Morgan fingerprint density at radius 1 is 1.15 bits per heavy atom. The molecule has 2 aromatic rings. The molecule has 26 heavy (non-hydrogen) atoms. The number of halogens is 1. The molecule has 0 bridgehead atoms. The molecule has 9 heteroatoms. The van der Waals surface area contributed by atoms with E-state index in [9.17, 15) is 14.4 Å². The lowest BCUT2D eigenvalue weighted by Crippen LogP contribution is -2.38. The van der Waals surface area contributed by atoms with Gasteiger partial charge in [-0.25, -0.2) is 9.78 Å². The van der Waals surface area contributed by atoms with Crippen molar-refractivity contribution >= 4 is 33.0 Å². The number of amides is 1. The monoisotopic (exact) mass is 427 g/mol. The molecule has 0 aliphatic rings. The van der Waals surface area contributed by atoms with Crippen molar-refractivity contribution in [3.05, 3.63) is 25.6 Å². The first-order valence-electron chi connectivity index (χ1n) is 8.74. The Hall–Kier alpha value is -1.90. The Kier molecular flexibility index (Phi) is 6.44. The van der Waals surface area contributed by atoms with Crippen LogP contribution in [0.3, 0.4) is 0 Å². The summed E-state index contributed by atoms with van der Waals surface area (Å²) in [5.41, 5.74) is -0.463. The van der Waals surface area contributed by atoms with Gasteiger partial charge in [-0.3, -0.25) is 23.3 Å². The van der Waals surface area contributed by atoms with Gasteiger partial charge in [-0.05, 0) is 35.2 Å². The molecule has 0 spiro atoms. The van der Waals surface area contributed by atoms with E-state index in [1.807, 2.05) is 6.92 Å². The lowest BCUT2D eigenvalue weighted by molar-refractivity contribution is -0.122. The number of nitrogens with one attached hydrogen (secondary N) is 1. The first-order chi connectivity index (χ1) is 12.1. The van der Waals surface area contributed by atoms with Gasteiger partial charge in [0.25, 0.3) is 5.56 Å². The van der Waals surface area contributed by atoms with Crippen LogP contribution in [0, 0.1) is 5.92 Å². The van der Waals surface area contributed by atoms with Gasteiger partial charge >= 0.3 is 5.69 Å². The van der Waals surface area contributed by atoms with Gasteiger partial charge in [0.15, 0.2) is 15.9 Å². The minimum atomic E-state index is -0.481. The van der Waals surface area contributed by atoms with E-state index in [1.54, 1.807) is 7.05 Å². The van der Waals surface area contributed by atoms with Crippen molar-refractivity contribution in [3.63, 3.8) is 0 Å². The second-order valence-electron chi connectivity index (χ2n) is 7.14. The zero-order valence-electron chi connectivity index (χ0n) is 15.9. The summed E-state index contributed by atoms with van der Waals surface area (Å²) >= 11 is 3.29. The van der Waals surface area contributed by atoms with E-state index < -0.39 is 11.2 Å². The van der Waals surface area contributed by atoms with Gasteiger partial charge in [0, 0.05) is 20.1 Å². The molecular formula is C17H26BrN5O3. The molecule has 144 valence electrons. The molecule has 1 amide bonds. The van der Waals surface area contributed by atoms with Gasteiger partial charge in [0.2, 0.25) is 5.91 Å². The van der Waals surface area contributed by atoms with Crippen LogP contribution >= 0.6 is 15.9 Å². The molecule has 0 saturated heterocycles. The largest absolute Gasteiger partial charge is 0.352 e. The lowest BCUT2D eigenvalue weighted by Gasteiger charge is -2.15.